The third-order valence-electron chi connectivity index (χ3n) is 1.72. The lowest BCUT2D eigenvalue weighted by Crippen LogP contribution is -2.42. The van der Waals surface area contributed by atoms with E-state index in [9.17, 15) is 4.79 Å². The number of rotatable bonds is 4. The molecule has 0 aromatic heterocycles. The summed E-state index contributed by atoms with van der Waals surface area (Å²) in [6.07, 6.45) is 0.324. The van der Waals surface area contributed by atoms with Gasteiger partial charge in [0.25, 0.3) is 0 Å². The molecule has 0 bridgehead atoms. The highest BCUT2D eigenvalue weighted by Gasteiger charge is 2.27. The molecule has 74 valence electrons. The molecule has 0 aliphatic carbocycles. The average molecular weight is 203 g/mol. The van der Waals surface area contributed by atoms with E-state index in [1.54, 1.807) is 20.8 Å². The molecule has 0 aromatic carbocycles. The molecule has 0 fully saturated rings. The molecule has 1 unspecified atom stereocenters. The van der Waals surface area contributed by atoms with Crippen molar-refractivity contribution in [2.24, 2.45) is 5.41 Å². The van der Waals surface area contributed by atoms with Gasteiger partial charge in [-0.05, 0) is 20.8 Å². The third-order valence-corrected chi connectivity index (χ3v) is 2.39. The molecule has 0 heterocycles. The highest BCUT2D eigenvalue weighted by Crippen LogP contribution is 2.17. The second-order valence-corrected chi connectivity index (χ2v) is 4.02. The van der Waals surface area contributed by atoms with Gasteiger partial charge in [-0.15, -0.1) is 11.6 Å². The molecular formula is C9H15ClN2O. The number of halogens is 1. The molecule has 1 N–H and O–H groups in total. The maximum absolute atomic E-state index is 11.5. The molecule has 0 spiro atoms. The van der Waals surface area contributed by atoms with Crippen molar-refractivity contribution in [2.45, 2.75) is 33.2 Å². The first-order chi connectivity index (χ1) is 5.94. The number of carbonyl (C=O) groups excluding carboxylic acids is 1. The predicted molar refractivity (Wildman–Crippen MR) is 52.3 cm³/mol. The first kappa shape index (κ1) is 12.2. The minimum atomic E-state index is -0.564. The van der Waals surface area contributed by atoms with Crippen LogP contribution in [0.5, 0.6) is 0 Å². The van der Waals surface area contributed by atoms with Gasteiger partial charge in [-0.25, -0.2) is 0 Å². The molecule has 1 atom stereocenters. The minimum absolute atomic E-state index is 0.106. The number of nitrogens with zero attached hydrogens (tertiary/aromatic N) is 1. The summed E-state index contributed by atoms with van der Waals surface area (Å²) < 4.78 is 0. The summed E-state index contributed by atoms with van der Waals surface area (Å²) in [7, 11) is 0. The highest BCUT2D eigenvalue weighted by atomic mass is 35.5. The van der Waals surface area contributed by atoms with E-state index in [0.29, 0.717) is 6.42 Å². The fourth-order valence-electron chi connectivity index (χ4n) is 0.668. The number of amides is 1. The van der Waals surface area contributed by atoms with Gasteiger partial charge in [0.05, 0.1) is 17.9 Å². The van der Waals surface area contributed by atoms with Crippen molar-refractivity contribution < 1.29 is 4.79 Å². The Labute approximate surface area is 84.1 Å². The van der Waals surface area contributed by atoms with E-state index < -0.39 is 5.41 Å². The predicted octanol–water partition coefficient (Wildman–Crippen LogP) is 1.67. The van der Waals surface area contributed by atoms with E-state index in [0.717, 1.165) is 0 Å². The standard InChI is InChI=1S/C9H15ClN2O/c1-7(4-5-11)12-8(13)9(2,3)6-10/h7H,4,6H2,1-3H3,(H,12,13). The Morgan fingerprint density at radius 1 is 1.69 bits per heavy atom. The largest absolute Gasteiger partial charge is 0.352 e. The van der Waals surface area contributed by atoms with E-state index in [-0.39, 0.29) is 17.8 Å². The first-order valence-electron chi connectivity index (χ1n) is 4.18. The Morgan fingerprint density at radius 3 is 2.62 bits per heavy atom. The molecule has 0 aromatic rings. The molecule has 3 nitrogen and oxygen atoms in total. The number of alkyl halides is 1. The Kier molecular flexibility index (Phi) is 4.79. The Morgan fingerprint density at radius 2 is 2.23 bits per heavy atom. The second-order valence-electron chi connectivity index (χ2n) is 3.75. The van der Waals surface area contributed by atoms with Gasteiger partial charge in [0.2, 0.25) is 5.91 Å². The summed E-state index contributed by atoms with van der Waals surface area (Å²) in [6, 6.07) is 1.88. The van der Waals surface area contributed by atoms with Gasteiger partial charge in [0.15, 0.2) is 0 Å². The number of hydrogen-bond acceptors (Lipinski definition) is 2. The topological polar surface area (TPSA) is 52.9 Å². The Hall–Kier alpha value is -0.750. The molecule has 1 amide bonds. The van der Waals surface area contributed by atoms with Crippen molar-refractivity contribution in [2.75, 3.05) is 5.88 Å². The zero-order valence-corrected chi connectivity index (χ0v) is 8.98. The summed E-state index contributed by atoms with van der Waals surface area (Å²) >= 11 is 5.62. The second kappa shape index (κ2) is 5.08. The number of hydrogen-bond donors (Lipinski definition) is 1. The lowest BCUT2D eigenvalue weighted by molar-refractivity contribution is -0.128. The number of nitrogens with one attached hydrogen (secondary N) is 1. The first-order valence-corrected chi connectivity index (χ1v) is 4.71. The number of nitriles is 1. The molecule has 0 aliphatic heterocycles. The van der Waals surface area contributed by atoms with Gasteiger partial charge < -0.3 is 5.32 Å². The van der Waals surface area contributed by atoms with Gasteiger partial charge >= 0.3 is 0 Å². The monoisotopic (exact) mass is 202 g/mol. The summed E-state index contributed by atoms with van der Waals surface area (Å²) in [6.45, 7) is 5.34. The zero-order valence-electron chi connectivity index (χ0n) is 8.22. The SMILES string of the molecule is CC(CC#N)NC(=O)C(C)(C)CCl. The molecule has 0 saturated heterocycles. The summed E-state index contributed by atoms with van der Waals surface area (Å²) in [4.78, 5) is 11.5. The fourth-order valence-corrected chi connectivity index (χ4v) is 0.789. The molecule has 0 radical (unpaired) electrons. The van der Waals surface area contributed by atoms with Gasteiger partial charge in [-0.1, -0.05) is 0 Å². The van der Waals surface area contributed by atoms with Crippen LogP contribution in [-0.4, -0.2) is 17.8 Å². The molecular weight excluding hydrogens is 188 g/mol. The quantitative estimate of drug-likeness (QED) is 0.706. The van der Waals surface area contributed by atoms with Gasteiger partial charge in [0, 0.05) is 11.9 Å². The van der Waals surface area contributed by atoms with Crippen molar-refractivity contribution >= 4 is 17.5 Å². The minimum Gasteiger partial charge on any atom is -0.352 e. The van der Waals surface area contributed by atoms with Crippen LogP contribution >= 0.6 is 11.6 Å². The van der Waals surface area contributed by atoms with Crippen molar-refractivity contribution in [3.8, 4) is 6.07 Å². The van der Waals surface area contributed by atoms with Crippen LogP contribution in [0.2, 0.25) is 0 Å². The number of carbonyl (C=O) groups is 1. The Balaban J connectivity index is 4.09. The van der Waals surface area contributed by atoms with Crippen LogP contribution in [0.4, 0.5) is 0 Å². The van der Waals surface area contributed by atoms with Crippen LogP contribution < -0.4 is 5.32 Å². The van der Waals surface area contributed by atoms with Gasteiger partial charge in [0.1, 0.15) is 0 Å². The van der Waals surface area contributed by atoms with Gasteiger partial charge in [-0.3, -0.25) is 4.79 Å². The molecule has 13 heavy (non-hydrogen) atoms. The Bertz CT molecular complexity index is 220. The third kappa shape index (κ3) is 4.14. The summed E-state index contributed by atoms with van der Waals surface area (Å²) in [5.74, 6) is 0.170. The van der Waals surface area contributed by atoms with Crippen LogP contribution in [0.3, 0.4) is 0 Å². The summed E-state index contributed by atoms with van der Waals surface area (Å²) in [5, 5.41) is 11.1. The lowest BCUT2D eigenvalue weighted by Gasteiger charge is -2.22. The van der Waals surface area contributed by atoms with E-state index in [4.69, 9.17) is 16.9 Å². The lowest BCUT2D eigenvalue weighted by atomic mass is 9.95. The van der Waals surface area contributed by atoms with Crippen LogP contribution in [0.15, 0.2) is 0 Å². The van der Waals surface area contributed by atoms with Crippen molar-refractivity contribution in [3.05, 3.63) is 0 Å². The van der Waals surface area contributed by atoms with Gasteiger partial charge in [-0.2, -0.15) is 5.26 Å². The van der Waals surface area contributed by atoms with Crippen LogP contribution in [0, 0.1) is 16.7 Å². The van der Waals surface area contributed by atoms with E-state index in [2.05, 4.69) is 5.32 Å². The van der Waals surface area contributed by atoms with Crippen molar-refractivity contribution in [3.63, 3.8) is 0 Å². The van der Waals surface area contributed by atoms with Crippen molar-refractivity contribution in [1.82, 2.24) is 5.32 Å². The fraction of sp³-hybridized carbons (Fsp3) is 0.778. The molecule has 0 saturated carbocycles. The molecule has 4 heteroatoms. The average Bonchev–Trinajstić information content (AvgIpc) is 2.04. The van der Waals surface area contributed by atoms with Crippen LogP contribution in [0.1, 0.15) is 27.2 Å². The van der Waals surface area contributed by atoms with E-state index in [1.165, 1.54) is 0 Å². The maximum Gasteiger partial charge on any atom is 0.227 e. The maximum atomic E-state index is 11.5. The smallest absolute Gasteiger partial charge is 0.227 e. The summed E-state index contributed by atoms with van der Waals surface area (Å²) in [5.41, 5.74) is -0.564. The van der Waals surface area contributed by atoms with Crippen LogP contribution in [-0.2, 0) is 4.79 Å². The highest BCUT2D eigenvalue weighted by molar-refractivity contribution is 6.19. The van der Waals surface area contributed by atoms with E-state index >= 15 is 0 Å². The zero-order chi connectivity index (χ0) is 10.5. The normalized spacial score (nSPS) is 13.2. The molecule has 0 aliphatic rings. The van der Waals surface area contributed by atoms with E-state index in [1.807, 2.05) is 6.07 Å². The van der Waals surface area contributed by atoms with Crippen molar-refractivity contribution in [1.29, 1.82) is 5.26 Å². The molecule has 0 rings (SSSR count). The van der Waals surface area contributed by atoms with Crippen LogP contribution in [0.25, 0.3) is 0 Å².